The van der Waals surface area contributed by atoms with Gasteiger partial charge in [0, 0.05) is 50.3 Å². The zero-order valence-electron chi connectivity index (χ0n) is 17.1. The molecule has 2 heterocycles. The topological polar surface area (TPSA) is 77.6 Å². The molecule has 1 aliphatic heterocycles. The third-order valence-electron chi connectivity index (χ3n) is 5.30. The fraction of sp³-hybridized carbons (Fsp3) is 0.409. The number of aryl methyl sites for hydroxylation is 1. The van der Waals surface area contributed by atoms with E-state index >= 15 is 0 Å². The molecule has 3 rings (SSSR count). The molecule has 1 aliphatic rings. The van der Waals surface area contributed by atoms with E-state index in [9.17, 15) is 9.59 Å². The minimum Gasteiger partial charge on any atom is -0.340 e. The van der Waals surface area contributed by atoms with Gasteiger partial charge < -0.3 is 20.4 Å². The average Bonchev–Trinajstić information content (AvgIpc) is 2.74. The van der Waals surface area contributed by atoms with E-state index < -0.39 is 0 Å². The SMILES string of the molecule is CCN1CCN(C(=O)Cc2ccc(NC(=O)NCc3cccnc3C)cc2)CC1. The van der Waals surface area contributed by atoms with Crippen LogP contribution in [0.3, 0.4) is 0 Å². The van der Waals surface area contributed by atoms with Crippen molar-refractivity contribution in [2.24, 2.45) is 0 Å². The van der Waals surface area contributed by atoms with Gasteiger partial charge in [-0.05, 0) is 42.8 Å². The fourth-order valence-electron chi connectivity index (χ4n) is 3.36. The zero-order chi connectivity index (χ0) is 20.6. The summed E-state index contributed by atoms with van der Waals surface area (Å²) in [5.74, 6) is 0.158. The highest BCUT2D eigenvalue weighted by Crippen LogP contribution is 2.12. The minimum absolute atomic E-state index is 0.158. The molecule has 0 atom stereocenters. The maximum atomic E-state index is 12.5. The summed E-state index contributed by atoms with van der Waals surface area (Å²) in [6.07, 6.45) is 2.12. The van der Waals surface area contributed by atoms with E-state index in [0.29, 0.717) is 18.7 Å². The molecule has 0 radical (unpaired) electrons. The van der Waals surface area contributed by atoms with E-state index in [4.69, 9.17) is 0 Å². The number of nitrogens with one attached hydrogen (secondary N) is 2. The van der Waals surface area contributed by atoms with Gasteiger partial charge in [0.1, 0.15) is 0 Å². The molecule has 3 amide bonds. The number of benzene rings is 1. The highest BCUT2D eigenvalue weighted by atomic mass is 16.2. The van der Waals surface area contributed by atoms with E-state index in [0.717, 1.165) is 49.5 Å². The number of likely N-dealkylation sites (N-methyl/N-ethyl adjacent to an activating group) is 1. The molecule has 1 fully saturated rings. The molecule has 1 aromatic heterocycles. The van der Waals surface area contributed by atoms with Crippen molar-refractivity contribution < 1.29 is 9.59 Å². The molecule has 2 N–H and O–H groups in total. The predicted octanol–water partition coefficient (Wildman–Crippen LogP) is 2.42. The van der Waals surface area contributed by atoms with Crippen LogP contribution in [-0.4, -0.2) is 59.4 Å². The molecule has 0 spiro atoms. The molecule has 29 heavy (non-hydrogen) atoms. The molecule has 7 nitrogen and oxygen atoms in total. The largest absolute Gasteiger partial charge is 0.340 e. The van der Waals surface area contributed by atoms with Crippen LogP contribution < -0.4 is 10.6 Å². The Morgan fingerprint density at radius 3 is 2.45 bits per heavy atom. The first kappa shape index (κ1) is 20.8. The molecular weight excluding hydrogens is 366 g/mol. The number of hydrogen-bond donors (Lipinski definition) is 2. The summed E-state index contributed by atoms with van der Waals surface area (Å²) in [5.41, 5.74) is 3.53. The lowest BCUT2D eigenvalue weighted by molar-refractivity contribution is -0.132. The van der Waals surface area contributed by atoms with Crippen molar-refractivity contribution in [1.29, 1.82) is 0 Å². The summed E-state index contributed by atoms with van der Waals surface area (Å²) in [6, 6.07) is 11.0. The lowest BCUT2D eigenvalue weighted by atomic mass is 10.1. The fourth-order valence-corrected chi connectivity index (χ4v) is 3.36. The van der Waals surface area contributed by atoms with Crippen LogP contribution in [0.5, 0.6) is 0 Å². The molecular formula is C22H29N5O2. The second kappa shape index (κ2) is 10.0. The van der Waals surface area contributed by atoms with Gasteiger partial charge >= 0.3 is 6.03 Å². The zero-order valence-corrected chi connectivity index (χ0v) is 17.1. The van der Waals surface area contributed by atoms with Crippen molar-refractivity contribution in [2.75, 3.05) is 38.0 Å². The Morgan fingerprint density at radius 2 is 1.79 bits per heavy atom. The number of amides is 3. The van der Waals surface area contributed by atoms with Crippen LogP contribution in [0.15, 0.2) is 42.6 Å². The molecule has 0 aliphatic carbocycles. The second-order valence-electron chi connectivity index (χ2n) is 7.24. The van der Waals surface area contributed by atoms with Crippen LogP contribution in [-0.2, 0) is 17.8 Å². The Bertz CT molecular complexity index is 829. The van der Waals surface area contributed by atoms with Crippen LogP contribution in [0.4, 0.5) is 10.5 Å². The summed E-state index contributed by atoms with van der Waals surface area (Å²) in [5, 5.41) is 5.65. The summed E-state index contributed by atoms with van der Waals surface area (Å²) >= 11 is 0. The van der Waals surface area contributed by atoms with Crippen LogP contribution in [0.1, 0.15) is 23.7 Å². The van der Waals surface area contributed by atoms with E-state index in [1.807, 2.05) is 48.2 Å². The van der Waals surface area contributed by atoms with Crippen molar-refractivity contribution in [3.63, 3.8) is 0 Å². The summed E-state index contributed by atoms with van der Waals surface area (Å²) < 4.78 is 0. The Balaban J connectivity index is 1.45. The van der Waals surface area contributed by atoms with Gasteiger partial charge in [-0.25, -0.2) is 4.79 Å². The van der Waals surface area contributed by atoms with Gasteiger partial charge in [-0.3, -0.25) is 9.78 Å². The number of hydrogen-bond acceptors (Lipinski definition) is 4. The number of piperazine rings is 1. The highest BCUT2D eigenvalue weighted by molar-refractivity contribution is 5.89. The van der Waals surface area contributed by atoms with Gasteiger partial charge in [0.05, 0.1) is 6.42 Å². The Morgan fingerprint density at radius 1 is 1.07 bits per heavy atom. The Hall–Kier alpha value is -2.93. The molecule has 0 saturated carbocycles. The smallest absolute Gasteiger partial charge is 0.319 e. The van der Waals surface area contributed by atoms with Crippen molar-refractivity contribution in [2.45, 2.75) is 26.8 Å². The standard InChI is InChI=1S/C22H29N5O2/c1-3-26-11-13-27(14-12-26)21(28)15-18-6-8-20(9-7-18)25-22(29)24-16-19-5-4-10-23-17(19)2/h4-10H,3,11-16H2,1-2H3,(H2,24,25,29). The Kier molecular flexibility index (Phi) is 7.19. The van der Waals surface area contributed by atoms with Crippen LogP contribution in [0, 0.1) is 6.92 Å². The van der Waals surface area contributed by atoms with E-state index in [2.05, 4.69) is 27.4 Å². The number of aromatic nitrogens is 1. The number of rotatable bonds is 6. The molecule has 0 bridgehead atoms. The maximum Gasteiger partial charge on any atom is 0.319 e. The molecule has 2 aromatic rings. The van der Waals surface area contributed by atoms with Gasteiger partial charge in [-0.1, -0.05) is 25.1 Å². The quantitative estimate of drug-likeness (QED) is 0.788. The molecule has 7 heteroatoms. The van der Waals surface area contributed by atoms with E-state index in [1.165, 1.54) is 0 Å². The third-order valence-corrected chi connectivity index (χ3v) is 5.30. The van der Waals surface area contributed by atoms with Gasteiger partial charge in [-0.15, -0.1) is 0 Å². The first-order valence-electron chi connectivity index (χ1n) is 10.1. The molecule has 1 aromatic carbocycles. The lowest BCUT2D eigenvalue weighted by Gasteiger charge is -2.34. The summed E-state index contributed by atoms with van der Waals surface area (Å²) in [7, 11) is 0. The Labute approximate surface area is 172 Å². The number of urea groups is 1. The monoisotopic (exact) mass is 395 g/mol. The van der Waals surface area contributed by atoms with Crippen molar-refractivity contribution >= 4 is 17.6 Å². The van der Waals surface area contributed by atoms with Crippen LogP contribution >= 0.6 is 0 Å². The predicted molar refractivity (Wildman–Crippen MR) is 114 cm³/mol. The van der Waals surface area contributed by atoms with Crippen molar-refractivity contribution in [3.8, 4) is 0 Å². The maximum absolute atomic E-state index is 12.5. The first-order valence-corrected chi connectivity index (χ1v) is 10.1. The van der Waals surface area contributed by atoms with Crippen LogP contribution in [0.2, 0.25) is 0 Å². The highest BCUT2D eigenvalue weighted by Gasteiger charge is 2.20. The molecule has 154 valence electrons. The normalized spacial score (nSPS) is 14.5. The number of carbonyl (C=O) groups excluding carboxylic acids is 2. The molecule has 1 saturated heterocycles. The van der Waals surface area contributed by atoms with Gasteiger partial charge in [0.25, 0.3) is 0 Å². The average molecular weight is 396 g/mol. The third kappa shape index (κ3) is 6.02. The van der Waals surface area contributed by atoms with Crippen molar-refractivity contribution in [1.82, 2.24) is 20.1 Å². The van der Waals surface area contributed by atoms with Gasteiger partial charge in [0.15, 0.2) is 0 Å². The lowest BCUT2D eigenvalue weighted by Crippen LogP contribution is -2.48. The number of anilines is 1. The van der Waals surface area contributed by atoms with E-state index in [1.54, 1.807) is 6.20 Å². The first-order chi connectivity index (χ1) is 14.0. The number of pyridine rings is 1. The number of nitrogens with zero attached hydrogens (tertiary/aromatic N) is 3. The molecule has 0 unspecified atom stereocenters. The van der Waals surface area contributed by atoms with Gasteiger partial charge in [0.2, 0.25) is 5.91 Å². The summed E-state index contributed by atoms with van der Waals surface area (Å²) in [4.78, 5) is 33.1. The van der Waals surface area contributed by atoms with Crippen LogP contribution in [0.25, 0.3) is 0 Å². The number of carbonyl (C=O) groups is 2. The second-order valence-corrected chi connectivity index (χ2v) is 7.24. The summed E-state index contributed by atoms with van der Waals surface area (Å²) in [6.45, 7) is 8.99. The van der Waals surface area contributed by atoms with E-state index in [-0.39, 0.29) is 11.9 Å². The van der Waals surface area contributed by atoms with Crippen molar-refractivity contribution in [3.05, 3.63) is 59.4 Å². The van der Waals surface area contributed by atoms with Gasteiger partial charge in [-0.2, -0.15) is 0 Å². The minimum atomic E-state index is -0.272.